The molecule has 0 atom stereocenters. The highest BCUT2D eigenvalue weighted by atomic mass is 32.2. The van der Waals surface area contributed by atoms with E-state index in [1.807, 2.05) is 0 Å². The van der Waals surface area contributed by atoms with Crippen LogP contribution in [-0.4, -0.2) is 31.4 Å². The second kappa shape index (κ2) is 4.24. The van der Waals surface area contributed by atoms with E-state index in [1.54, 1.807) is 0 Å². The van der Waals surface area contributed by atoms with Crippen LogP contribution in [0.4, 0.5) is 0 Å². The first-order valence-electron chi connectivity index (χ1n) is 3.26. The Kier molecular flexibility index (Phi) is 3.96. The first-order valence-corrected chi connectivity index (χ1v) is 6.14. The fourth-order valence-electron chi connectivity index (χ4n) is 0.795. The molecule has 0 saturated heterocycles. The molecule has 0 aliphatic heterocycles. The highest BCUT2D eigenvalue weighted by molar-refractivity contribution is 7.86. The Balaban J connectivity index is 0.00000196. The van der Waals surface area contributed by atoms with E-state index in [4.69, 9.17) is 9.11 Å². The quantitative estimate of drug-likeness (QED) is 0.674. The van der Waals surface area contributed by atoms with E-state index < -0.39 is 30.0 Å². The molecule has 0 unspecified atom stereocenters. The van der Waals surface area contributed by atoms with Gasteiger partial charge in [0.25, 0.3) is 20.2 Å². The fraction of sp³-hybridized carbons (Fsp3) is 0. The predicted molar refractivity (Wildman–Crippen MR) is 49.7 cm³/mol. The summed E-state index contributed by atoms with van der Waals surface area (Å²) in [6, 6.07) is 3.75. The van der Waals surface area contributed by atoms with E-state index in [2.05, 4.69) is 0 Å². The van der Waals surface area contributed by atoms with Gasteiger partial charge in [-0.25, -0.2) is 0 Å². The summed E-state index contributed by atoms with van der Waals surface area (Å²) >= 11 is 0. The number of hydrogen-bond donors (Lipinski definition) is 2. The molecular weight excluding hydrogens is 248 g/mol. The lowest BCUT2D eigenvalue weighted by Crippen LogP contribution is -2.02. The van der Waals surface area contributed by atoms with Gasteiger partial charge in [-0.1, -0.05) is 6.07 Å². The zero-order valence-corrected chi connectivity index (χ0v) is 8.79. The standard InChI is InChI=1S/C6H6O6S2.H2O/c7-13(8,9)5-2-1-3-6(4-5)14(10,11)12;/h1-4H,(H,7,8,9)(H,10,11,12);1H2. The van der Waals surface area contributed by atoms with Crippen LogP contribution in [0, 0.1) is 0 Å². The van der Waals surface area contributed by atoms with Crippen LogP contribution < -0.4 is 0 Å². The Hall–Kier alpha value is -1.00. The van der Waals surface area contributed by atoms with Gasteiger partial charge >= 0.3 is 0 Å². The van der Waals surface area contributed by atoms with Crippen LogP contribution in [0.25, 0.3) is 0 Å². The van der Waals surface area contributed by atoms with Crippen molar-refractivity contribution < 1.29 is 31.4 Å². The van der Waals surface area contributed by atoms with Crippen LogP contribution in [0.5, 0.6) is 0 Å². The molecular formula is C6H8O7S2. The molecule has 0 fully saturated rings. The average Bonchev–Trinajstić information content (AvgIpc) is 2.01. The van der Waals surface area contributed by atoms with Crippen molar-refractivity contribution in [3.05, 3.63) is 24.3 Å². The Bertz CT molecular complexity index is 495. The zero-order chi connectivity index (χ0) is 11.0. The van der Waals surface area contributed by atoms with Gasteiger partial charge in [0.05, 0.1) is 9.79 Å². The second-order valence-corrected chi connectivity index (χ2v) is 5.27. The van der Waals surface area contributed by atoms with Gasteiger partial charge in [-0.05, 0) is 18.2 Å². The highest BCUT2D eigenvalue weighted by Gasteiger charge is 2.15. The van der Waals surface area contributed by atoms with Gasteiger partial charge < -0.3 is 5.48 Å². The summed E-state index contributed by atoms with van der Waals surface area (Å²) in [5, 5.41) is 0. The van der Waals surface area contributed by atoms with Gasteiger partial charge in [-0.3, -0.25) is 9.11 Å². The van der Waals surface area contributed by atoms with E-state index >= 15 is 0 Å². The minimum atomic E-state index is -4.46. The molecule has 15 heavy (non-hydrogen) atoms. The third-order valence-corrected chi connectivity index (χ3v) is 3.10. The third kappa shape index (κ3) is 3.57. The lowest BCUT2D eigenvalue weighted by atomic mass is 10.4. The molecule has 0 saturated carbocycles. The van der Waals surface area contributed by atoms with Gasteiger partial charge in [0.2, 0.25) is 0 Å². The number of benzene rings is 1. The lowest BCUT2D eigenvalue weighted by Gasteiger charge is -1.99. The van der Waals surface area contributed by atoms with E-state index in [1.165, 1.54) is 0 Å². The first-order chi connectivity index (χ1) is 6.21. The maximum absolute atomic E-state index is 10.6. The Labute approximate surface area is 86.2 Å². The molecule has 1 rings (SSSR count). The molecule has 0 aromatic heterocycles. The fourth-order valence-corrected chi connectivity index (χ4v) is 1.92. The largest absolute Gasteiger partial charge is 0.412 e. The van der Waals surface area contributed by atoms with E-state index in [0.717, 1.165) is 18.2 Å². The molecule has 0 aliphatic rings. The first kappa shape index (κ1) is 14.0. The van der Waals surface area contributed by atoms with Crippen LogP contribution in [0.1, 0.15) is 0 Å². The van der Waals surface area contributed by atoms with Crippen molar-refractivity contribution in [1.82, 2.24) is 0 Å². The molecule has 0 bridgehead atoms. The molecule has 0 heterocycles. The van der Waals surface area contributed by atoms with Crippen molar-refractivity contribution in [3.8, 4) is 0 Å². The molecule has 0 spiro atoms. The molecule has 4 N–H and O–H groups in total. The van der Waals surface area contributed by atoms with Gasteiger partial charge in [-0.15, -0.1) is 0 Å². The van der Waals surface area contributed by atoms with E-state index in [-0.39, 0.29) is 5.48 Å². The summed E-state index contributed by atoms with van der Waals surface area (Å²) in [4.78, 5) is -1.18. The number of hydrogen-bond acceptors (Lipinski definition) is 4. The van der Waals surface area contributed by atoms with Crippen LogP contribution in [0.3, 0.4) is 0 Å². The van der Waals surface area contributed by atoms with Crippen molar-refractivity contribution in [2.75, 3.05) is 0 Å². The highest BCUT2D eigenvalue weighted by Crippen LogP contribution is 2.14. The zero-order valence-electron chi connectivity index (χ0n) is 7.15. The maximum Gasteiger partial charge on any atom is 0.294 e. The SMILES string of the molecule is O.O=S(=O)(O)c1cccc(S(=O)(=O)O)c1. The van der Waals surface area contributed by atoms with Gasteiger partial charge in [0.1, 0.15) is 0 Å². The molecule has 1 aromatic carbocycles. The molecule has 9 heteroatoms. The Morgan fingerprint density at radius 2 is 1.20 bits per heavy atom. The molecule has 1 aromatic rings. The monoisotopic (exact) mass is 256 g/mol. The van der Waals surface area contributed by atoms with Crippen LogP contribution in [0.15, 0.2) is 34.1 Å². The normalized spacial score (nSPS) is 11.9. The van der Waals surface area contributed by atoms with Crippen molar-refractivity contribution in [2.24, 2.45) is 0 Å². The van der Waals surface area contributed by atoms with E-state index in [9.17, 15) is 16.8 Å². The molecule has 0 radical (unpaired) electrons. The second-order valence-electron chi connectivity index (χ2n) is 2.42. The molecule has 0 aliphatic carbocycles. The van der Waals surface area contributed by atoms with E-state index in [0.29, 0.717) is 6.07 Å². The van der Waals surface area contributed by atoms with Gasteiger partial charge in [0, 0.05) is 0 Å². The van der Waals surface area contributed by atoms with Crippen LogP contribution >= 0.6 is 0 Å². The summed E-state index contributed by atoms with van der Waals surface area (Å²) in [6.07, 6.45) is 0. The Morgan fingerprint density at radius 3 is 1.47 bits per heavy atom. The van der Waals surface area contributed by atoms with Gasteiger partial charge in [-0.2, -0.15) is 16.8 Å². The van der Waals surface area contributed by atoms with Gasteiger partial charge in [0.15, 0.2) is 0 Å². The molecule has 0 amide bonds. The maximum atomic E-state index is 10.6. The third-order valence-electron chi connectivity index (χ3n) is 1.40. The van der Waals surface area contributed by atoms with Crippen molar-refractivity contribution in [1.29, 1.82) is 0 Å². The van der Waals surface area contributed by atoms with Crippen molar-refractivity contribution >= 4 is 20.2 Å². The summed E-state index contributed by atoms with van der Waals surface area (Å²) in [6.45, 7) is 0. The summed E-state index contributed by atoms with van der Waals surface area (Å²) in [5.74, 6) is 0. The predicted octanol–water partition coefficient (Wildman–Crippen LogP) is -0.645. The van der Waals surface area contributed by atoms with Crippen molar-refractivity contribution in [3.63, 3.8) is 0 Å². The Morgan fingerprint density at radius 1 is 0.867 bits per heavy atom. The smallest absolute Gasteiger partial charge is 0.294 e. The summed E-state index contributed by atoms with van der Waals surface area (Å²) in [5.41, 5.74) is 0. The van der Waals surface area contributed by atoms with Crippen molar-refractivity contribution in [2.45, 2.75) is 9.79 Å². The summed E-state index contributed by atoms with van der Waals surface area (Å²) in [7, 11) is -8.92. The van der Waals surface area contributed by atoms with Crippen LogP contribution in [0.2, 0.25) is 0 Å². The number of rotatable bonds is 2. The topological polar surface area (TPSA) is 140 Å². The lowest BCUT2D eigenvalue weighted by molar-refractivity contribution is 0.481. The average molecular weight is 256 g/mol. The van der Waals surface area contributed by atoms with Crippen LogP contribution in [-0.2, 0) is 20.2 Å². The molecule has 86 valence electrons. The minimum absolute atomic E-state index is 0. The molecule has 7 nitrogen and oxygen atoms in total. The summed E-state index contributed by atoms with van der Waals surface area (Å²) < 4.78 is 59.5. The minimum Gasteiger partial charge on any atom is -0.412 e.